The molecule has 5 rings (SSSR count). The van der Waals surface area contributed by atoms with E-state index in [2.05, 4.69) is 10.3 Å². The SMILES string of the molecule is COc1ccnc(C(=O)NC2(C(=O)OC(C)=C(c3ccc(F)cc3)c3ccc(F)cc3)CC2)c1OC(=O)C1CC1. The molecule has 10 heteroatoms. The average molecular weight is 549 g/mol. The number of hydrogen-bond donors (Lipinski definition) is 1. The van der Waals surface area contributed by atoms with Crippen molar-refractivity contribution >= 4 is 23.4 Å². The molecule has 2 aliphatic carbocycles. The van der Waals surface area contributed by atoms with E-state index in [1.165, 1.54) is 67.9 Å². The lowest BCUT2D eigenvalue weighted by atomic mass is 9.97. The van der Waals surface area contributed by atoms with Gasteiger partial charge in [0.25, 0.3) is 5.91 Å². The molecule has 0 spiro atoms. The number of methoxy groups -OCH3 is 1. The van der Waals surface area contributed by atoms with Crippen LogP contribution >= 0.6 is 0 Å². The first-order chi connectivity index (χ1) is 19.2. The molecule has 1 amide bonds. The molecule has 8 nitrogen and oxygen atoms in total. The summed E-state index contributed by atoms with van der Waals surface area (Å²) >= 11 is 0. The third kappa shape index (κ3) is 5.70. The standard InChI is InChI=1S/C30H26F2N2O6/c1-17(24(18-5-9-21(31)10-6-18)19-7-11-22(32)12-8-19)39-29(37)30(14-15-30)34-27(35)25-26(23(38-2)13-16-33-25)40-28(36)20-3-4-20/h5-13,16,20H,3-4,14-15H2,1-2H3,(H,34,35). The van der Waals surface area contributed by atoms with Crippen LogP contribution in [-0.2, 0) is 14.3 Å². The number of rotatable bonds is 9. The number of esters is 2. The van der Waals surface area contributed by atoms with Crippen LogP contribution in [0.2, 0.25) is 0 Å². The number of pyridine rings is 1. The first-order valence-corrected chi connectivity index (χ1v) is 12.7. The Morgan fingerprint density at radius 3 is 2.00 bits per heavy atom. The van der Waals surface area contributed by atoms with Gasteiger partial charge < -0.3 is 19.5 Å². The summed E-state index contributed by atoms with van der Waals surface area (Å²) in [6.45, 7) is 1.57. The number of hydrogen-bond acceptors (Lipinski definition) is 7. The van der Waals surface area contributed by atoms with Crippen molar-refractivity contribution in [2.45, 2.75) is 38.1 Å². The van der Waals surface area contributed by atoms with E-state index in [0.29, 0.717) is 42.4 Å². The van der Waals surface area contributed by atoms with E-state index in [9.17, 15) is 23.2 Å². The van der Waals surface area contributed by atoms with Gasteiger partial charge in [-0.1, -0.05) is 24.3 Å². The van der Waals surface area contributed by atoms with Crippen molar-refractivity contribution in [1.82, 2.24) is 10.3 Å². The predicted octanol–water partition coefficient (Wildman–Crippen LogP) is 4.97. The minimum absolute atomic E-state index is 0.116. The van der Waals surface area contributed by atoms with E-state index in [0.717, 1.165) is 0 Å². The highest BCUT2D eigenvalue weighted by Crippen LogP contribution is 2.40. The molecular formula is C30H26F2N2O6. The van der Waals surface area contributed by atoms with Crippen LogP contribution in [0.15, 0.2) is 66.6 Å². The molecular weight excluding hydrogens is 522 g/mol. The first kappa shape index (κ1) is 27.0. The van der Waals surface area contributed by atoms with Crippen molar-refractivity contribution in [3.63, 3.8) is 0 Å². The number of nitrogens with zero attached hydrogens (tertiary/aromatic N) is 1. The molecule has 2 fully saturated rings. The quantitative estimate of drug-likeness (QED) is 0.298. The molecule has 40 heavy (non-hydrogen) atoms. The Morgan fingerprint density at radius 1 is 0.925 bits per heavy atom. The number of benzene rings is 2. The Morgan fingerprint density at radius 2 is 1.50 bits per heavy atom. The molecule has 0 aliphatic heterocycles. The lowest BCUT2D eigenvalue weighted by Gasteiger charge is -2.19. The van der Waals surface area contributed by atoms with E-state index in [-0.39, 0.29) is 28.9 Å². The monoisotopic (exact) mass is 548 g/mol. The van der Waals surface area contributed by atoms with Crippen molar-refractivity contribution in [2.24, 2.45) is 5.92 Å². The summed E-state index contributed by atoms with van der Waals surface area (Å²) in [5.41, 5.74) is 0.0411. The van der Waals surface area contributed by atoms with E-state index in [1.54, 1.807) is 6.92 Å². The first-order valence-electron chi connectivity index (χ1n) is 12.7. The summed E-state index contributed by atoms with van der Waals surface area (Å²) in [6.07, 6.45) is 3.39. The van der Waals surface area contributed by atoms with Gasteiger partial charge >= 0.3 is 11.9 Å². The van der Waals surface area contributed by atoms with Crippen LogP contribution in [0.25, 0.3) is 5.57 Å². The maximum Gasteiger partial charge on any atom is 0.336 e. The molecule has 1 N–H and O–H groups in total. The second-order valence-electron chi connectivity index (χ2n) is 9.76. The molecule has 0 unspecified atom stereocenters. The molecule has 1 heterocycles. The highest BCUT2D eigenvalue weighted by molar-refractivity contribution is 6.01. The normalized spacial score (nSPS) is 15.0. The number of carbonyl (C=O) groups excluding carboxylic acids is 3. The zero-order valence-electron chi connectivity index (χ0n) is 21.8. The molecule has 3 aromatic rings. The molecule has 2 saturated carbocycles. The van der Waals surface area contributed by atoms with Crippen molar-refractivity contribution in [3.8, 4) is 11.5 Å². The van der Waals surface area contributed by atoms with Crippen molar-refractivity contribution in [3.05, 3.63) is 95.0 Å². The van der Waals surface area contributed by atoms with Gasteiger partial charge in [-0.05, 0) is 68.0 Å². The molecule has 0 bridgehead atoms. The second kappa shape index (κ2) is 10.9. The van der Waals surface area contributed by atoms with Gasteiger partial charge in [0.05, 0.1) is 13.0 Å². The predicted molar refractivity (Wildman–Crippen MR) is 139 cm³/mol. The summed E-state index contributed by atoms with van der Waals surface area (Å²) < 4.78 is 43.7. The number of ether oxygens (including phenoxy) is 3. The fraction of sp³-hybridized carbons (Fsp3) is 0.267. The van der Waals surface area contributed by atoms with Crippen LogP contribution in [0.1, 0.15) is 54.2 Å². The number of nitrogens with one attached hydrogen (secondary N) is 1. The largest absolute Gasteiger partial charge is 0.493 e. The van der Waals surface area contributed by atoms with Crippen molar-refractivity contribution in [1.29, 1.82) is 0 Å². The van der Waals surface area contributed by atoms with Crippen molar-refractivity contribution < 1.29 is 37.4 Å². The lowest BCUT2D eigenvalue weighted by Crippen LogP contribution is -2.44. The fourth-order valence-electron chi connectivity index (χ4n) is 4.23. The topological polar surface area (TPSA) is 104 Å². The Labute approximate surface area is 229 Å². The van der Waals surface area contributed by atoms with E-state index in [4.69, 9.17) is 14.2 Å². The van der Waals surface area contributed by atoms with Crippen LogP contribution in [0, 0.1) is 17.6 Å². The summed E-state index contributed by atoms with van der Waals surface area (Å²) in [4.78, 5) is 43.0. The Bertz CT molecular complexity index is 1450. The van der Waals surface area contributed by atoms with Gasteiger partial charge in [0.2, 0.25) is 5.75 Å². The van der Waals surface area contributed by atoms with E-state index in [1.807, 2.05) is 0 Å². The molecule has 206 valence electrons. The molecule has 0 radical (unpaired) electrons. The smallest absolute Gasteiger partial charge is 0.336 e. The number of allylic oxidation sites excluding steroid dienone is 1. The van der Waals surface area contributed by atoms with Gasteiger partial charge in [-0.15, -0.1) is 0 Å². The molecule has 2 aromatic carbocycles. The fourth-order valence-corrected chi connectivity index (χ4v) is 4.23. The van der Waals surface area contributed by atoms with Crippen LogP contribution in [0.3, 0.4) is 0 Å². The third-order valence-electron chi connectivity index (χ3n) is 6.77. The summed E-state index contributed by atoms with van der Waals surface area (Å²) in [5.74, 6) is -2.80. The second-order valence-corrected chi connectivity index (χ2v) is 9.76. The number of halogens is 2. The van der Waals surface area contributed by atoms with Gasteiger partial charge in [0.15, 0.2) is 11.4 Å². The van der Waals surface area contributed by atoms with Gasteiger partial charge in [-0.3, -0.25) is 9.59 Å². The van der Waals surface area contributed by atoms with Crippen molar-refractivity contribution in [2.75, 3.05) is 7.11 Å². The van der Waals surface area contributed by atoms with Crippen LogP contribution in [-0.4, -0.2) is 35.5 Å². The highest BCUT2D eigenvalue weighted by Gasteiger charge is 2.53. The molecule has 0 atom stereocenters. The molecule has 2 aliphatic rings. The summed E-state index contributed by atoms with van der Waals surface area (Å²) in [6, 6.07) is 12.6. The summed E-state index contributed by atoms with van der Waals surface area (Å²) in [5, 5.41) is 2.69. The lowest BCUT2D eigenvalue weighted by molar-refractivity contribution is -0.142. The number of aromatic nitrogens is 1. The number of amides is 1. The third-order valence-corrected chi connectivity index (χ3v) is 6.77. The minimum atomic E-state index is -1.32. The zero-order valence-corrected chi connectivity index (χ0v) is 21.8. The van der Waals surface area contributed by atoms with Crippen LogP contribution in [0.4, 0.5) is 8.78 Å². The Balaban J connectivity index is 1.39. The zero-order chi connectivity index (χ0) is 28.4. The molecule has 1 aromatic heterocycles. The Hall–Kier alpha value is -4.60. The van der Waals surface area contributed by atoms with E-state index >= 15 is 0 Å². The van der Waals surface area contributed by atoms with E-state index < -0.39 is 35.0 Å². The molecule has 0 saturated heterocycles. The van der Waals surface area contributed by atoms with Crippen LogP contribution in [0.5, 0.6) is 11.5 Å². The number of carbonyl (C=O) groups is 3. The highest BCUT2D eigenvalue weighted by atomic mass is 19.1. The Kier molecular flexibility index (Phi) is 7.34. The van der Waals surface area contributed by atoms with Gasteiger partial charge in [-0.25, -0.2) is 18.6 Å². The maximum atomic E-state index is 13.6. The van der Waals surface area contributed by atoms with Crippen LogP contribution < -0.4 is 14.8 Å². The minimum Gasteiger partial charge on any atom is -0.493 e. The summed E-state index contributed by atoms with van der Waals surface area (Å²) in [7, 11) is 1.38. The van der Waals surface area contributed by atoms with Gasteiger partial charge in [0.1, 0.15) is 22.9 Å². The average Bonchev–Trinajstić information content (AvgIpc) is 3.86. The van der Waals surface area contributed by atoms with Gasteiger partial charge in [-0.2, -0.15) is 0 Å². The van der Waals surface area contributed by atoms with Gasteiger partial charge in [0, 0.05) is 17.8 Å². The maximum absolute atomic E-state index is 13.6.